The van der Waals surface area contributed by atoms with Gasteiger partial charge >= 0.3 is 45.9 Å². The number of benzene rings is 1. The molecule has 0 atom stereocenters. The molecule has 0 saturated heterocycles. The van der Waals surface area contributed by atoms with Crippen molar-refractivity contribution in [3.63, 3.8) is 0 Å². The fraction of sp³-hybridized carbons (Fsp3) is 0.0667. The van der Waals surface area contributed by atoms with E-state index in [2.05, 4.69) is 20.2 Å². The van der Waals surface area contributed by atoms with E-state index in [0.29, 0.717) is 5.56 Å². The Morgan fingerprint density at radius 3 is 1.52 bits per heavy atom. The summed E-state index contributed by atoms with van der Waals surface area (Å²) in [6.45, 7) is 12.5. The maximum atomic E-state index is 11.9. The normalized spacial score (nSPS) is 8.14. The molecule has 21 heavy (non-hydrogen) atoms. The number of halogens is 3. The second kappa shape index (κ2) is 14.6. The SMILES string of the molecule is [C-]#[O+].[C-]#[O+].[CH2-]c1ccc(C(F)(F)F)cc1.[Fe+2].c1cc[cH-]c1. The van der Waals surface area contributed by atoms with Crippen LogP contribution in [0.25, 0.3) is 0 Å². The molecule has 0 fully saturated rings. The summed E-state index contributed by atoms with van der Waals surface area (Å²) in [4.78, 5) is 0. The third kappa shape index (κ3) is 13.0. The van der Waals surface area contributed by atoms with Gasteiger partial charge in [0.1, 0.15) is 0 Å². The van der Waals surface area contributed by atoms with Crippen LogP contribution in [0.4, 0.5) is 13.2 Å². The smallest absolute Gasteiger partial charge is 0.214 e. The van der Waals surface area contributed by atoms with E-state index in [-0.39, 0.29) is 17.1 Å². The molecule has 0 aliphatic carbocycles. The standard InChI is InChI=1S/C8H6F3.C5H5.2CO.Fe/c1-6-2-4-7(5-3-6)8(9,10)11;1-2-4-5-3-1;2*1-2;/h2-5H,1H2;1-5H;;;/q2*-1;;;+2. The van der Waals surface area contributed by atoms with Gasteiger partial charge in [0.2, 0.25) is 0 Å². The molecule has 0 saturated carbocycles. The number of alkyl halides is 3. The third-order valence-electron chi connectivity index (χ3n) is 1.84. The fourth-order valence-electron chi connectivity index (χ4n) is 1.01. The minimum absolute atomic E-state index is 0. The number of rotatable bonds is 0. The van der Waals surface area contributed by atoms with Gasteiger partial charge in [-0.3, -0.25) is 0 Å². The van der Waals surface area contributed by atoms with Crippen molar-refractivity contribution < 1.29 is 39.5 Å². The molecule has 2 aromatic carbocycles. The quantitative estimate of drug-likeness (QED) is 0.393. The molecule has 112 valence electrons. The molecule has 2 aromatic rings. The van der Waals surface area contributed by atoms with Gasteiger partial charge in [-0.2, -0.15) is 56.0 Å². The first-order valence-electron chi connectivity index (χ1n) is 5.07. The van der Waals surface area contributed by atoms with Crippen molar-refractivity contribution in [3.05, 3.63) is 85.9 Å². The van der Waals surface area contributed by atoms with Crippen molar-refractivity contribution in [2.75, 3.05) is 0 Å². The van der Waals surface area contributed by atoms with Crippen LogP contribution in [0.2, 0.25) is 0 Å². The zero-order valence-electron chi connectivity index (χ0n) is 10.7. The van der Waals surface area contributed by atoms with Gasteiger partial charge in [-0.05, 0) is 0 Å². The summed E-state index contributed by atoms with van der Waals surface area (Å²) in [5.74, 6) is 0. The van der Waals surface area contributed by atoms with Gasteiger partial charge in [-0.25, -0.2) is 12.1 Å². The zero-order chi connectivity index (χ0) is 16.0. The van der Waals surface area contributed by atoms with Crippen LogP contribution in [0.5, 0.6) is 0 Å². The van der Waals surface area contributed by atoms with Crippen molar-refractivity contribution in [2.24, 2.45) is 0 Å². The Labute approximate surface area is 132 Å². The summed E-state index contributed by atoms with van der Waals surface area (Å²) >= 11 is 0. The zero-order valence-corrected chi connectivity index (χ0v) is 11.8. The van der Waals surface area contributed by atoms with Crippen molar-refractivity contribution >= 4 is 0 Å². The summed E-state index contributed by atoms with van der Waals surface area (Å²) in [6, 6.07) is 14.7. The predicted octanol–water partition coefficient (Wildman–Crippen LogP) is 4.22. The molecule has 6 heteroatoms. The Morgan fingerprint density at radius 1 is 0.905 bits per heavy atom. The van der Waals surface area contributed by atoms with Crippen molar-refractivity contribution in [1.82, 2.24) is 0 Å². The Hall–Kier alpha value is -1.77. The second-order valence-electron chi connectivity index (χ2n) is 3.16. The van der Waals surface area contributed by atoms with Crippen LogP contribution >= 0.6 is 0 Å². The van der Waals surface area contributed by atoms with Crippen LogP contribution in [-0.4, -0.2) is 0 Å². The molecular formula is C15H11F3FeO2. The summed E-state index contributed by atoms with van der Waals surface area (Å²) in [6.07, 6.45) is -4.24. The third-order valence-corrected chi connectivity index (χ3v) is 1.84. The predicted molar refractivity (Wildman–Crippen MR) is 65.8 cm³/mol. The van der Waals surface area contributed by atoms with E-state index < -0.39 is 11.7 Å². The van der Waals surface area contributed by atoms with Crippen molar-refractivity contribution in [1.29, 1.82) is 0 Å². The molecule has 0 amide bonds. The first-order valence-corrected chi connectivity index (χ1v) is 5.07. The molecule has 2 nitrogen and oxygen atoms in total. The molecule has 0 heterocycles. The van der Waals surface area contributed by atoms with Crippen molar-refractivity contribution in [2.45, 2.75) is 6.18 Å². The maximum absolute atomic E-state index is 11.9. The summed E-state index contributed by atoms with van der Waals surface area (Å²) in [7, 11) is 0. The molecule has 0 unspecified atom stereocenters. The molecular weight excluding hydrogens is 325 g/mol. The summed E-state index contributed by atoms with van der Waals surface area (Å²) in [5.41, 5.74) is -0.0529. The Kier molecular flexibility index (Phi) is 16.9. The monoisotopic (exact) mass is 336 g/mol. The van der Waals surface area contributed by atoms with Crippen LogP contribution in [0.1, 0.15) is 11.1 Å². The average Bonchev–Trinajstić information content (AvgIpc) is 3.02. The van der Waals surface area contributed by atoms with E-state index in [4.69, 9.17) is 9.30 Å². The van der Waals surface area contributed by atoms with Gasteiger partial charge < -0.3 is 0 Å². The Morgan fingerprint density at radius 2 is 1.29 bits per heavy atom. The van der Waals surface area contributed by atoms with E-state index in [1.54, 1.807) is 0 Å². The van der Waals surface area contributed by atoms with E-state index in [1.807, 2.05) is 30.3 Å². The van der Waals surface area contributed by atoms with Crippen LogP contribution < -0.4 is 0 Å². The van der Waals surface area contributed by atoms with E-state index in [1.165, 1.54) is 12.1 Å². The molecule has 2 rings (SSSR count). The van der Waals surface area contributed by atoms with Gasteiger partial charge in [0.05, 0.1) is 0 Å². The molecule has 0 bridgehead atoms. The van der Waals surface area contributed by atoms with Crippen LogP contribution in [0, 0.1) is 20.2 Å². The first-order chi connectivity index (χ1) is 9.50. The molecule has 0 aliphatic heterocycles. The van der Waals surface area contributed by atoms with Gasteiger partial charge in [0.25, 0.3) is 0 Å². The average molecular weight is 336 g/mol. The molecule has 0 aliphatic rings. The van der Waals surface area contributed by atoms with Gasteiger partial charge in [-0.15, -0.1) is 12.1 Å². The maximum Gasteiger partial charge on any atom is 2.00 e. The van der Waals surface area contributed by atoms with Crippen LogP contribution in [0.3, 0.4) is 0 Å². The topological polar surface area (TPSA) is 39.8 Å². The Balaban J connectivity index is -0.000000273. The van der Waals surface area contributed by atoms with E-state index >= 15 is 0 Å². The Bertz CT molecular complexity index is 448. The van der Waals surface area contributed by atoms with Gasteiger partial charge in [0.15, 0.2) is 0 Å². The fourth-order valence-corrected chi connectivity index (χ4v) is 1.01. The van der Waals surface area contributed by atoms with Gasteiger partial charge in [-0.1, -0.05) is 0 Å². The first kappa shape index (κ1) is 24.3. The van der Waals surface area contributed by atoms with E-state index in [0.717, 1.165) is 12.1 Å². The largest absolute Gasteiger partial charge is 2.00 e. The molecule has 0 radical (unpaired) electrons. The molecule has 0 aromatic heterocycles. The minimum Gasteiger partial charge on any atom is -0.214 e. The molecule has 0 spiro atoms. The number of hydrogen-bond donors (Lipinski definition) is 0. The summed E-state index contributed by atoms with van der Waals surface area (Å²) < 4.78 is 50.7. The summed E-state index contributed by atoms with van der Waals surface area (Å²) in [5, 5.41) is 0. The second-order valence-corrected chi connectivity index (χ2v) is 3.16. The molecule has 0 N–H and O–H groups in total. The van der Waals surface area contributed by atoms with Crippen molar-refractivity contribution in [3.8, 4) is 0 Å². The van der Waals surface area contributed by atoms with E-state index in [9.17, 15) is 13.2 Å². The van der Waals surface area contributed by atoms with Gasteiger partial charge in [0, 0.05) is 5.56 Å². The number of hydrogen-bond acceptors (Lipinski definition) is 0. The van der Waals surface area contributed by atoms with Crippen LogP contribution in [0.15, 0.2) is 54.6 Å². The van der Waals surface area contributed by atoms with Crippen LogP contribution in [-0.2, 0) is 32.5 Å². The minimum atomic E-state index is -4.24.